The molecule has 0 radical (unpaired) electrons. The van der Waals surface area contributed by atoms with Crippen molar-refractivity contribution < 1.29 is 0 Å². The van der Waals surface area contributed by atoms with E-state index in [9.17, 15) is 0 Å². The fourth-order valence-electron chi connectivity index (χ4n) is 10.8. The van der Waals surface area contributed by atoms with Gasteiger partial charge in [-0.05, 0) is 129 Å². The SMILES string of the molecule is c1ccc(-c2ccccc2-c2c3ccccc3c(-c3ccc(-c4c5ccccc5c(-c5ccc6c(c5)c5ccccc5n6-c5ccccc5)c5ccccc45)cc3)c3ccccc23)cc1. The zero-order valence-electron chi connectivity index (χ0n) is 35.6. The topological polar surface area (TPSA) is 4.93 Å². The molecule has 0 saturated heterocycles. The summed E-state index contributed by atoms with van der Waals surface area (Å²) in [6.45, 7) is 0. The molecule has 12 aromatic carbocycles. The highest BCUT2D eigenvalue weighted by atomic mass is 15.0. The number of hydrogen-bond donors (Lipinski definition) is 0. The van der Waals surface area contributed by atoms with Crippen LogP contribution in [0.25, 0.3) is 126 Å². The Hall–Kier alpha value is -8.52. The lowest BCUT2D eigenvalue weighted by molar-refractivity contribution is 1.18. The van der Waals surface area contributed by atoms with E-state index in [0.717, 1.165) is 0 Å². The third-order valence-corrected chi connectivity index (χ3v) is 13.6. The fourth-order valence-corrected chi connectivity index (χ4v) is 10.8. The maximum Gasteiger partial charge on any atom is 0.0541 e. The van der Waals surface area contributed by atoms with Crippen molar-refractivity contribution in [1.82, 2.24) is 4.57 Å². The summed E-state index contributed by atoms with van der Waals surface area (Å²) in [7, 11) is 0. The van der Waals surface area contributed by atoms with E-state index in [1.807, 2.05) is 0 Å². The second-order valence-electron chi connectivity index (χ2n) is 17.1. The Balaban J connectivity index is 0.987. The smallest absolute Gasteiger partial charge is 0.0541 e. The lowest BCUT2D eigenvalue weighted by Crippen LogP contribution is -1.94. The molecule has 0 aliphatic carbocycles. The molecule has 0 fully saturated rings. The monoisotopic (exact) mass is 823 g/mol. The Morgan fingerprint density at radius 3 is 1.06 bits per heavy atom. The van der Waals surface area contributed by atoms with Crippen LogP contribution < -0.4 is 0 Å². The second-order valence-corrected chi connectivity index (χ2v) is 17.1. The normalized spacial score (nSPS) is 11.7. The van der Waals surface area contributed by atoms with Gasteiger partial charge in [0, 0.05) is 16.5 Å². The van der Waals surface area contributed by atoms with Gasteiger partial charge in [-0.1, -0.05) is 218 Å². The molecule has 13 rings (SSSR count). The highest BCUT2D eigenvalue weighted by molar-refractivity contribution is 6.24. The summed E-state index contributed by atoms with van der Waals surface area (Å²) in [4.78, 5) is 0. The average Bonchev–Trinajstić information content (AvgIpc) is 3.71. The van der Waals surface area contributed by atoms with Gasteiger partial charge in [-0.15, -0.1) is 0 Å². The number of benzene rings is 12. The van der Waals surface area contributed by atoms with Gasteiger partial charge in [0.15, 0.2) is 0 Å². The van der Waals surface area contributed by atoms with Crippen molar-refractivity contribution in [2.45, 2.75) is 0 Å². The van der Waals surface area contributed by atoms with Crippen molar-refractivity contribution in [3.63, 3.8) is 0 Å². The Kier molecular flexibility index (Phi) is 8.60. The van der Waals surface area contributed by atoms with Gasteiger partial charge in [-0.25, -0.2) is 0 Å². The Morgan fingerprint density at radius 2 is 0.554 bits per heavy atom. The molecule has 1 heteroatoms. The Bertz CT molecular complexity index is 3860. The van der Waals surface area contributed by atoms with Crippen LogP contribution in [0.4, 0.5) is 0 Å². The fraction of sp³-hybridized carbons (Fsp3) is 0. The van der Waals surface area contributed by atoms with Gasteiger partial charge in [-0.2, -0.15) is 0 Å². The molecule has 0 unspecified atom stereocenters. The van der Waals surface area contributed by atoms with E-state index in [1.165, 1.54) is 126 Å². The lowest BCUT2D eigenvalue weighted by Gasteiger charge is -2.20. The van der Waals surface area contributed by atoms with Gasteiger partial charge in [0.25, 0.3) is 0 Å². The highest BCUT2D eigenvalue weighted by Gasteiger charge is 2.21. The molecule has 0 saturated carbocycles. The third kappa shape index (κ3) is 5.87. The number of para-hydroxylation sites is 2. The maximum atomic E-state index is 2.42. The molecule has 0 amide bonds. The highest BCUT2D eigenvalue weighted by Crippen LogP contribution is 2.48. The van der Waals surface area contributed by atoms with E-state index in [4.69, 9.17) is 0 Å². The van der Waals surface area contributed by atoms with Crippen LogP contribution in [0.2, 0.25) is 0 Å². The Labute approximate surface area is 377 Å². The molecular weight excluding hydrogens is 783 g/mol. The molecule has 0 bridgehead atoms. The Morgan fingerprint density at radius 1 is 0.200 bits per heavy atom. The summed E-state index contributed by atoms with van der Waals surface area (Å²) in [5.74, 6) is 0. The number of rotatable bonds is 6. The van der Waals surface area contributed by atoms with Crippen LogP contribution in [0.15, 0.2) is 249 Å². The molecule has 0 aliphatic rings. The van der Waals surface area contributed by atoms with E-state index in [1.54, 1.807) is 0 Å². The van der Waals surface area contributed by atoms with Crippen LogP contribution >= 0.6 is 0 Å². The van der Waals surface area contributed by atoms with Crippen LogP contribution in [0, 0.1) is 0 Å². The second kappa shape index (κ2) is 15.1. The van der Waals surface area contributed by atoms with Crippen LogP contribution in [-0.2, 0) is 0 Å². The predicted octanol–water partition coefficient (Wildman–Crippen LogP) is 17.7. The zero-order valence-corrected chi connectivity index (χ0v) is 35.6. The zero-order chi connectivity index (χ0) is 42.8. The van der Waals surface area contributed by atoms with Crippen LogP contribution in [0.1, 0.15) is 0 Å². The van der Waals surface area contributed by atoms with Crippen molar-refractivity contribution >= 4 is 64.9 Å². The minimum atomic E-state index is 1.17. The molecule has 65 heavy (non-hydrogen) atoms. The first-order chi connectivity index (χ1) is 32.3. The quantitative estimate of drug-likeness (QED) is 0.147. The summed E-state index contributed by atoms with van der Waals surface area (Å²) >= 11 is 0. The molecule has 302 valence electrons. The summed E-state index contributed by atoms with van der Waals surface area (Å²) in [5, 5.41) is 12.5. The molecule has 1 aromatic heterocycles. The third-order valence-electron chi connectivity index (χ3n) is 13.6. The van der Waals surface area contributed by atoms with Gasteiger partial charge < -0.3 is 4.57 Å². The van der Waals surface area contributed by atoms with E-state index >= 15 is 0 Å². The van der Waals surface area contributed by atoms with Crippen molar-refractivity contribution in [2.24, 2.45) is 0 Å². The molecule has 0 spiro atoms. The minimum Gasteiger partial charge on any atom is -0.309 e. The van der Waals surface area contributed by atoms with Crippen molar-refractivity contribution in [1.29, 1.82) is 0 Å². The van der Waals surface area contributed by atoms with Gasteiger partial charge in [-0.3, -0.25) is 0 Å². The first-order valence-electron chi connectivity index (χ1n) is 22.5. The van der Waals surface area contributed by atoms with Gasteiger partial charge in [0.2, 0.25) is 0 Å². The van der Waals surface area contributed by atoms with Crippen LogP contribution in [0.5, 0.6) is 0 Å². The van der Waals surface area contributed by atoms with Crippen molar-refractivity contribution in [3.8, 4) is 61.3 Å². The number of fused-ring (bicyclic) bond motifs is 7. The molecule has 0 aliphatic heterocycles. The number of aromatic nitrogens is 1. The largest absolute Gasteiger partial charge is 0.309 e. The first kappa shape index (κ1) is 37.1. The summed E-state index contributed by atoms with van der Waals surface area (Å²) < 4.78 is 2.39. The van der Waals surface area contributed by atoms with Crippen molar-refractivity contribution in [3.05, 3.63) is 249 Å². The summed E-state index contributed by atoms with van der Waals surface area (Å²) in [6.07, 6.45) is 0. The number of nitrogens with zero attached hydrogens (tertiary/aromatic N) is 1. The van der Waals surface area contributed by atoms with E-state index in [2.05, 4.69) is 253 Å². The van der Waals surface area contributed by atoms with E-state index < -0.39 is 0 Å². The predicted molar refractivity (Wildman–Crippen MR) is 278 cm³/mol. The lowest BCUT2D eigenvalue weighted by atomic mass is 9.83. The minimum absolute atomic E-state index is 1.17. The summed E-state index contributed by atoms with van der Waals surface area (Å²) in [6, 6.07) is 91.4. The molecule has 1 heterocycles. The first-order valence-corrected chi connectivity index (χ1v) is 22.5. The molecule has 0 N–H and O–H groups in total. The average molecular weight is 824 g/mol. The molecular formula is C64H41N. The van der Waals surface area contributed by atoms with Gasteiger partial charge in [0.1, 0.15) is 0 Å². The standard InChI is InChI=1S/C64H41N/c1-3-19-42(20-4-1)47-23-7-8-25-49(47)64-56-32-15-13-30-54(56)62(55-31-14-16-33-57(55)64)44-37-35-43(36-38-44)61-50-26-9-11-28-52(50)63(53-29-12-10-27-51(53)61)45-39-40-60-58(41-45)48-24-17-18-34-59(48)65(60)46-21-5-2-6-22-46/h1-41H. The van der Waals surface area contributed by atoms with E-state index in [0.29, 0.717) is 0 Å². The van der Waals surface area contributed by atoms with Gasteiger partial charge in [0.05, 0.1) is 11.0 Å². The van der Waals surface area contributed by atoms with E-state index in [-0.39, 0.29) is 0 Å². The van der Waals surface area contributed by atoms with Crippen LogP contribution in [-0.4, -0.2) is 4.57 Å². The molecule has 13 aromatic rings. The summed E-state index contributed by atoms with van der Waals surface area (Å²) in [5.41, 5.74) is 16.0. The molecule has 0 atom stereocenters. The van der Waals surface area contributed by atoms with Crippen LogP contribution in [0.3, 0.4) is 0 Å². The number of hydrogen-bond acceptors (Lipinski definition) is 0. The van der Waals surface area contributed by atoms with Gasteiger partial charge >= 0.3 is 0 Å². The molecule has 1 nitrogen and oxygen atoms in total. The van der Waals surface area contributed by atoms with Crippen molar-refractivity contribution in [2.75, 3.05) is 0 Å². The maximum absolute atomic E-state index is 2.42.